The maximum absolute atomic E-state index is 7.22. The third-order valence-electron chi connectivity index (χ3n) is 15.8. The van der Waals surface area contributed by atoms with Gasteiger partial charge in [0.25, 0.3) is 0 Å². The van der Waals surface area contributed by atoms with Crippen molar-refractivity contribution in [3.8, 4) is 17.0 Å². The zero-order chi connectivity index (χ0) is 42.1. The molecule has 1 aliphatic heterocycles. The van der Waals surface area contributed by atoms with Gasteiger partial charge in [0.1, 0.15) is 11.5 Å². The number of allylic oxidation sites excluding steroid dienone is 16. The number of aromatic nitrogens is 1. The molecule has 0 spiro atoms. The lowest BCUT2D eigenvalue weighted by atomic mass is 9.79. The van der Waals surface area contributed by atoms with E-state index < -0.39 is 0 Å². The molecule has 0 saturated carbocycles. The van der Waals surface area contributed by atoms with Crippen LogP contribution in [0.4, 0.5) is 5.69 Å². The van der Waals surface area contributed by atoms with Crippen LogP contribution in [0.15, 0.2) is 177 Å². The van der Waals surface area contributed by atoms with E-state index in [-0.39, 0.29) is 5.92 Å². The zero-order valence-electron chi connectivity index (χ0n) is 36.7. The minimum absolute atomic E-state index is 0.285. The molecule has 4 heteroatoms. The van der Waals surface area contributed by atoms with E-state index in [9.17, 15) is 0 Å². The normalized spacial score (nSPS) is 25.5. The summed E-state index contributed by atoms with van der Waals surface area (Å²) < 4.78 is 9.69. The van der Waals surface area contributed by atoms with Gasteiger partial charge in [-0.25, -0.2) is 0 Å². The van der Waals surface area contributed by atoms with E-state index in [1.165, 1.54) is 100 Å². The van der Waals surface area contributed by atoms with Gasteiger partial charge in [-0.2, -0.15) is 0 Å². The molecule has 0 saturated heterocycles. The van der Waals surface area contributed by atoms with Crippen molar-refractivity contribution in [3.63, 3.8) is 0 Å². The fraction of sp³-hybridized carbons (Fsp3) is 0.300. The SMILES string of the molecule is C1=CCC(C2C=CC(N(C3=CCC(C4=CCCc5c4oc4c5CCc5c-4c4ccccc4n5-c4ccccc4)C=C3)c3ccc(C4=C5SC6=C(C=CCC6)C5CCC4)cc3)CC2)C=C1. The number of furan rings is 1. The quantitative estimate of drug-likeness (QED) is 0.152. The summed E-state index contributed by atoms with van der Waals surface area (Å²) in [5.41, 5.74) is 16.7. The molecular formula is C60H56N2OS. The second-order valence-corrected chi connectivity index (χ2v) is 20.4. The van der Waals surface area contributed by atoms with Gasteiger partial charge >= 0.3 is 0 Å². The number of para-hydroxylation sites is 2. The first kappa shape index (κ1) is 38.7. The van der Waals surface area contributed by atoms with Crippen molar-refractivity contribution in [3.05, 3.63) is 201 Å². The molecule has 3 aromatic carbocycles. The predicted molar refractivity (Wildman–Crippen MR) is 268 cm³/mol. The van der Waals surface area contributed by atoms with E-state index >= 15 is 0 Å². The third kappa shape index (κ3) is 6.45. The number of anilines is 1. The molecule has 318 valence electrons. The van der Waals surface area contributed by atoms with Crippen molar-refractivity contribution in [2.24, 2.45) is 23.7 Å². The van der Waals surface area contributed by atoms with Crippen molar-refractivity contribution in [2.75, 3.05) is 4.90 Å². The Labute approximate surface area is 382 Å². The van der Waals surface area contributed by atoms with Crippen molar-refractivity contribution in [1.29, 1.82) is 0 Å². The Morgan fingerprint density at radius 2 is 1.56 bits per heavy atom. The largest absolute Gasteiger partial charge is 0.456 e. The summed E-state index contributed by atoms with van der Waals surface area (Å²) in [5.74, 6) is 4.35. The van der Waals surface area contributed by atoms with Gasteiger partial charge in [-0.05, 0) is 159 Å². The molecular weight excluding hydrogens is 797 g/mol. The molecule has 7 aliphatic carbocycles. The lowest BCUT2D eigenvalue weighted by molar-refractivity contribution is 0.405. The number of nitrogens with zero attached hydrogens (tertiary/aromatic N) is 2. The number of rotatable bonds is 7. The maximum Gasteiger partial charge on any atom is 0.140 e. The number of hydrogen-bond acceptors (Lipinski definition) is 3. The smallest absolute Gasteiger partial charge is 0.140 e. The lowest BCUT2D eigenvalue weighted by Crippen LogP contribution is -2.36. The van der Waals surface area contributed by atoms with E-state index in [1.807, 2.05) is 0 Å². The molecule has 3 heterocycles. The van der Waals surface area contributed by atoms with E-state index in [0.717, 1.165) is 56.5 Å². The van der Waals surface area contributed by atoms with Crippen LogP contribution < -0.4 is 4.90 Å². The zero-order valence-corrected chi connectivity index (χ0v) is 37.5. The minimum atomic E-state index is 0.285. The van der Waals surface area contributed by atoms with Crippen molar-refractivity contribution in [1.82, 2.24) is 4.57 Å². The van der Waals surface area contributed by atoms with Crippen LogP contribution in [0.1, 0.15) is 92.4 Å². The number of benzene rings is 3. The molecule has 0 N–H and O–H groups in total. The van der Waals surface area contributed by atoms with Crippen LogP contribution in [0, 0.1) is 23.7 Å². The molecule has 0 bridgehead atoms. The van der Waals surface area contributed by atoms with Crippen molar-refractivity contribution < 1.29 is 4.42 Å². The van der Waals surface area contributed by atoms with Crippen LogP contribution in [0.2, 0.25) is 0 Å². The van der Waals surface area contributed by atoms with Crippen LogP contribution in [0.3, 0.4) is 0 Å². The Morgan fingerprint density at radius 3 is 2.41 bits per heavy atom. The molecule has 64 heavy (non-hydrogen) atoms. The van der Waals surface area contributed by atoms with E-state index in [4.69, 9.17) is 4.42 Å². The van der Waals surface area contributed by atoms with Crippen molar-refractivity contribution >= 4 is 39.5 Å². The highest BCUT2D eigenvalue weighted by Crippen LogP contribution is 2.57. The molecule has 13 rings (SSSR count). The summed E-state index contributed by atoms with van der Waals surface area (Å²) in [5, 5.41) is 1.29. The summed E-state index contributed by atoms with van der Waals surface area (Å²) in [6, 6.07) is 29.9. The molecule has 5 unspecified atom stereocenters. The van der Waals surface area contributed by atoms with Gasteiger partial charge in [0.2, 0.25) is 0 Å². The highest BCUT2D eigenvalue weighted by atomic mass is 32.2. The first-order valence-electron chi connectivity index (χ1n) is 24.4. The first-order valence-corrected chi connectivity index (χ1v) is 25.2. The van der Waals surface area contributed by atoms with Crippen LogP contribution in [-0.2, 0) is 19.3 Å². The summed E-state index contributed by atoms with van der Waals surface area (Å²) in [4.78, 5) is 5.93. The summed E-state index contributed by atoms with van der Waals surface area (Å²) in [6.45, 7) is 0. The fourth-order valence-electron chi connectivity index (χ4n) is 12.7. The highest BCUT2D eigenvalue weighted by molar-refractivity contribution is 8.07. The number of hydrogen-bond donors (Lipinski definition) is 0. The first-order chi connectivity index (χ1) is 31.7. The topological polar surface area (TPSA) is 21.3 Å². The number of fused-ring (bicyclic) bond motifs is 9. The average molecular weight is 853 g/mol. The van der Waals surface area contributed by atoms with Crippen molar-refractivity contribution in [2.45, 2.75) is 89.5 Å². The van der Waals surface area contributed by atoms with Gasteiger partial charge in [-0.3, -0.25) is 0 Å². The molecule has 0 fully saturated rings. The Morgan fingerprint density at radius 1 is 0.672 bits per heavy atom. The van der Waals surface area contributed by atoms with Gasteiger partial charge in [-0.1, -0.05) is 127 Å². The number of thioether (sulfide) groups is 1. The Balaban J connectivity index is 0.813. The van der Waals surface area contributed by atoms with E-state index in [2.05, 4.69) is 173 Å². The Hall–Kier alpha value is -5.71. The molecule has 8 aliphatic rings. The molecule has 0 amide bonds. The van der Waals surface area contributed by atoms with Gasteiger partial charge in [-0.15, -0.1) is 0 Å². The molecule has 2 aromatic heterocycles. The Kier molecular flexibility index (Phi) is 9.72. The Bertz CT molecular complexity index is 2970. The molecule has 5 atom stereocenters. The second-order valence-electron chi connectivity index (χ2n) is 19.3. The van der Waals surface area contributed by atoms with Crippen LogP contribution in [0.25, 0.3) is 39.1 Å². The third-order valence-corrected chi connectivity index (χ3v) is 17.2. The average Bonchev–Trinajstić information content (AvgIpc) is 4.05. The highest BCUT2D eigenvalue weighted by Gasteiger charge is 2.37. The lowest BCUT2D eigenvalue weighted by Gasteiger charge is -2.38. The maximum atomic E-state index is 7.22. The van der Waals surface area contributed by atoms with E-state index in [1.54, 1.807) is 21.0 Å². The summed E-state index contributed by atoms with van der Waals surface area (Å²) >= 11 is 2.11. The summed E-state index contributed by atoms with van der Waals surface area (Å²) in [6.07, 6.45) is 43.9. The molecule has 5 aromatic rings. The molecule has 3 nitrogen and oxygen atoms in total. The predicted octanol–water partition coefficient (Wildman–Crippen LogP) is 15.6. The molecule has 0 radical (unpaired) electrons. The monoisotopic (exact) mass is 852 g/mol. The van der Waals surface area contributed by atoms with Gasteiger partial charge in [0.15, 0.2) is 0 Å². The van der Waals surface area contributed by atoms with E-state index in [0.29, 0.717) is 23.8 Å². The van der Waals surface area contributed by atoms with Gasteiger partial charge < -0.3 is 13.9 Å². The van der Waals surface area contributed by atoms with Crippen LogP contribution >= 0.6 is 11.8 Å². The van der Waals surface area contributed by atoms with Crippen LogP contribution in [0.5, 0.6) is 0 Å². The van der Waals surface area contributed by atoms with Crippen LogP contribution in [-0.4, -0.2) is 10.6 Å². The fourth-order valence-corrected chi connectivity index (χ4v) is 14.3. The van der Waals surface area contributed by atoms with Gasteiger partial charge in [0, 0.05) is 61.6 Å². The summed E-state index contributed by atoms with van der Waals surface area (Å²) in [7, 11) is 0. The standard InChI is InChI=1S/C60H56N2OS/c1-3-13-39(14-4-1)40-25-31-44(32-26-40)61(46-35-29-42(30-36-46)48-20-12-22-52-49-17-8-10-24-56(49)64-60(48)52)45-33-27-41(28-34-45)47-19-11-21-50-51-37-38-55-57(59(51)63-58(47)50)53-18-7-9-23-54(53)62(55)43-15-5-2-6-16-43/h1-9,13,15-19,23,25,27,29-31,33-36,39-41,44,52H,10-12,14,20-22,24,26,28,32,37-38H2. The van der Waals surface area contributed by atoms with Gasteiger partial charge in [0.05, 0.1) is 11.6 Å². The second kappa shape index (κ2) is 16.1. The minimum Gasteiger partial charge on any atom is -0.456 e.